The van der Waals surface area contributed by atoms with E-state index in [2.05, 4.69) is 20.8 Å². The number of carbonyl (C=O) groups excluding carboxylic acids is 1. The molecule has 3 rings (SSSR count). The summed E-state index contributed by atoms with van der Waals surface area (Å²) in [6.07, 6.45) is 8.90. The van der Waals surface area contributed by atoms with Crippen LogP contribution in [0.5, 0.6) is 0 Å². The van der Waals surface area contributed by atoms with Crippen LogP contribution in [0, 0.1) is 11.8 Å². The molecular weight excluding hydrogens is 406 g/mol. The molecule has 1 aliphatic carbocycles. The molecule has 1 fully saturated rings. The zero-order valence-electron chi connectivity index (χ0n) is 17.2. The molecule has 3 atom stereocenters. The van der Waals surface area contributed by atoms with Gasteiger partial charge in [-0.1, -0.05) is 25.5 Å². The highest BCUT2D eigenvalue weighted by Crippen LogP contribution is 2.34. The van der Waals surface area contributed by atoms with Crippen molar-refractivity contribution in [1.82, 2.24) is 19.4 Å². The highest BCUT2D eigenvalue weighted by Gasteiger charge is 2.36. The van der Waals surface area contributed by atoms with E-state index in [1.54, 1.807) is 26.0 Å². The number of hydrazine groups is 1. The van der Waals surface area contributed by atoms with E-state index in [0.717, 1.165) is 10.4 Å². The first-order chi connectivity index (χ1) is 14.3. The van der Waals surface area contributed by atoms with Crippen molar-refractivity contribution in [3.05, 3.63) is 41.6 Å². The second-order valence-corrected chi connectivity index (χ2v) is 9.10. The van der Waals surface area contributed by atoms with E-state index in [4.69, 9.17) is 0 Å². The van der Waals surface area contributed by atoms with Crippen molar-refractivity contribution in [2.45, 2.75) is 46.1 Å². The van der Waals surface area contributed by atoms with Gasteiger partial charge in [0.25, 0.3) is 10.0 Å². The monoisotopic (exact) mass is 433 g/mol. The molecule has 0 bridgehead atoms. The molecule has 30 heavy (non-hydrogen) atoms. The van der Waals surface area contributed by atoms with Crippen LogP contribution in [0.2, 0.25) is 0 Å². The lowest BCUT2D eigenvalue weighted by Crippen LogP contribution is -2.36. The zero-order valence-corrected chi connectivity index (χ0v) is 18.1. The molecule has 2 aromatic heterocycles. The Morgan fingerprint density at radius 1 is 1.37 bits per heavy atom. The predicted molar refractivity (Wildman–Crippen MR) is 115 cm³/mol. The van der Waals surface area contributed by atoms with E-state index < -0.39 is 16.1 Å². The van der Waals surface area contributed by atoms with Crippen molar-refractivity contribution in [3.8, 4) is 0 Å². The van der Waals surface area contributed by atoms with Gasteiger partial charge in [0.2, 0.25) is 5.91 Å². The van der Waals surface area contributed by atoms with Crippen molar-refractivity contribution in [3.63, 3.8) is 0 Å². The first kappa shape index (κ1) is 22.0. The number of aromatic nitrogens is 3. The number of amides is 1. The number of fused-ring (bicyclic) bond motifs is 1. The van der Waals surface area contributed by atoms with Crippen molar-refractivity contribution in [2.75, 3.05) is 5.43 Å². The van der Waals surface area contributed by atoms with Crippen LogP contribution in [0.4, 0.5) is 5.82 Å². The normalized spacial score (nSPS) is 22.7. The number of hydrogen-bond donors (Lipinski definition) is 3. The maximum atomic E-state index is 12.8. The van der Waals surface area contributed by atoms with Gasteiger partial charge < -0.3 is 5.11 Å². The average molecular weight is 434 g/mol. The molecule has 1 amide bonds. The van der Waals surface area contributed by atoms with Crippen LogP contribution in [0.25, 0.3) is 11.2 Å². The Hall–Kier alpha value is -2.72. The number of anilines is 1. The van der Waals surface area contributed by atoms with Gasteiger partial charge in [-0.3, -0.25) is 15.6 Å². The molecule has 0 saturated heterocycles. The van der Waals surface area contributed by atoms with Gasteiger partial charge in [-0.05, 0) is 44.7 Å². The molecule has 0 unspecified atom stereocenters. The Labute approximate surface area is 175 Å². The van der Waals surface area contributed by atoms with E-state index in [1.165, 1.54) is 24.5 Å². The second kappa shape index (κ2) is 8.97. The quantitative estimate of drug-likeness (QED) is 0.452. The molecule has 1 saturated carbocycles. The van der Waals surface area contributed by atoms with Crippen molar-refractivity contribution < 1.29 is 18.3 Å². The van der Waals surface area contributed by atoms with Gasteiger partial charge in [0.05, 0.1) is 17.2 Å². The fraction of sp³-hybridized carbons (Fsp3) is 0.450. The van der Waals surface area contributed by atoms with E-state index in [9.17, 15) is 18.3 Å². The van der Waals surface area contributed by atoms with Crippen LogP contribution in [0.1, 0.15) is 40.0 Å². The summed E-state index contributed by atoms with van der Waals surface area (Å²) in [6, 6.07) is 1.55. The number of allylic oxidation sites excluding steroid dienone is 3. The summed E-state index contributed by atoms with van der Waals surface area (Å²) in [5.74, 6) is -0.0271. The van der Waals surface area contributed by atoms with E-state index in [0.29, 0.717) is 18.4 Å². The molecule has 3 N–H and O–H groups in total. The second-order valence-electron chi connectivity index (χ2n) is 7.29. The Kier molecular flexibility index (Phi) is 6.57. The molecule has 0 aliphatic heterocycles. The fourth-order valence-electron chi connectivity index (χ4n) is 3.84. The maximum Gasteiger partial charge on any atom is 0.269 e. The molecule has 0 spiro atoms. The molecule has 162 valence electrons. The third kappa shape index (κ3) is 4.24. The highest BCUT2D eigenvalue weighted by atomic mass is 32.2. The van der Waals surface area contributed by atoms with Gasteiger partial charge in [-0.15, -0.1) is 0 Å². The number of rotatable bonds is 7. The van der Waals surface area contributed by atoms with Gasteiger partial charge >= 0.3 is 0 Å². The van der Waals surface area contributed by atoms with Crippen LogP contribution >= 0.6 is 0 Å². The highest BCUT2D eigenvalue weighted by molar-refractivity contribution is 7.94. The summed E-state index contributed by atoms with van der Waals surface area (Å²) >= 11 is 0. The summed E-state index contributed by atoms with van der Waals surface area (Å²) in [4.78, 5) is 21.2. The van der Waals surface area contributed by atoms with Gasteiger partial charge in [0, 0.05) is 12.1 Å². The molecule has 2 heterocycles. The number of aliphatic hydroxyl groups excluding tert-OH is 1. The summed E-state index contributed by atoms with van der Waals surface area (Å²) in [6.45, 7) is 5.40. The van der Waals surface area contributed by atoms with E-state index >= 15 is 0 Å². The first-order valence-electron chi connectivity index (χ1n) is 9.94. The largest absolute Gasteiger partial charge is 0.393 e. The molecular formula is C20H27N5O4S. The lowest BCUT2D eigenvalue weighted by atomic mass is 9.93. The minimum absolute atomic E-state index is 0.146. The number of nitrogens with zero attached hydrogens (tertiary/aromatic N) is 3. The van der Waals surface area contributed by atoms with Crippen LogP contribution < -0.4 is 10.9 Å². The predicted octanol–water partition coefficient (Wildman–Crippen LogP) is 2.33. The molecule has 0 aromatic carbocycles. The third-order valence-corrected chi connectivity index (χ3v) is 7.15. The SMILES string of the molecule is C/C=C\C(=C/C)S(=O)(=O)n1ccc2nc(NNC(=O)[C@H]3C[C@@H](O)C[C@H]3CC)cnc21. The van der Waals surface area contributed by atoms with E-state index in [1.807, 2.05) is 6.92 Å². The maximum absolute atomic E-state index is 12.8. The number of hydrogen-bond acceptors (Lipinski definition) is 7. The Bertz CT molecular complexity index is 1090. The average Bonchev–Trinajstić information content (AvgIpc) is 3.33. The van der Waals surface area contributed by atoms with Crippen LogP contribution in [-0.2, 0) is 14.8 Å². The minimum Gasteiger partial charge on any atom is -0.393 e. The zero-order chi connectivity index (χ0) is 21.9. The topological polar surface area (TPSA) is 126 Å². The smallest absolute Gasteiger partial charge is 0.269 e. The Morgan fingerprint density at radius 2 is 2.13 bits per heavy atom. The van der Waals surface area contributed by atoms with Crippen LogP contribution in [0.15, 0.2) is 41.6 Å². The van der Waals surface area contributed by atoms with Crippen LogP contribution in [-0.4, -0.2) is 39.5 Å². The van der Waals surface area contributed by atoms with Gasteiger partial charge in [-0.25, -0.2) is 22.4 Å². The molecule has 2 aromatic rings. The Balaban J connectivity index is 1.77. The van der Waals surface area contributed by atoms with Gasteiger partial charge in [0.15, 0.2) is 11.5 Å². The summed E-state index contributed by atoms with van der Waals surface area (Å²) in [7, 11) is -3.79. The lowest BCUT2D eigenvalue weighted by Gasteiger charge is -2.17. The van der Waals surface area contributed by atoms with Gasteiger partial charge in [-0.2, -0.15) is 0 Å². The van der Waals surface area contributed by atoms with Gasteiger partial charge in [0.1, 0.15) is 5.52 Å². The number of carbonyl (C=O) groups is 1. The summed E-state index contributed by atoms with van der Waals surface area (Å²) in [5.41, 5.74) is 5.93. The third-order valence-electron chi connectivity index (χ3n) is 5.37. The van der Waals surface area contributed by atoms with Crippen molar-refractivity contribution >= 4 is 32.9 Å². The van der Waals surface area contributed by atoms with Crippen molar-refractivity contribution in [2.24, 2.45) is 11.8 Å². The first-order valence-corrected chi connectivity index (χ1v) is 11.4. The minimum atomic E-state index is -3.79. The molecule has 1 aliphatic rings. The molecule has 0 radical (unpaired) electrons. The fourth-order valence-corrected chi connectivity index (χ4v) is 5.26. The van der Waals surface area contributed by atoms with Crippen molar-refractivity contribution in [1.29, 1.82) is 0 Å². The van der Waals surface area contributed by atoms with E-state index in [-0.39, 0.29) is 34.1 Å². The number of aliphatic hydroxyl groups is 1. The number of nitrogens with one attached hydrogen (secondary N) is 2. The summed E-state index contributed by atoms with van der Waals surface area (Å²) < 4.78 is 26.8. The molecule has 9 nitrogen and oxygen atoms in total. The summed E-state index contributed by atoms with van der Waals surface area (Å²) in [5, 5.41) is 9.83. The lowest BCUT2D eigenvalue weighted by molar-refractivity contribution is -0.125. The van der Waals surface area contributed by atoms with Crippen LogP contribution in [0.3, 0.4) is 0 Å². The standard InChI is InChI=1S/C20H27N5O4S/c1-4-7-15(6-3)30(28,29)25-9-8-17-19(25)21-12-18(22-17)23-24-20(27)16-11-14(26)10-13(16)5-2/h4,6-9,12-14,16,26H,5,10-11H2,1-3H3,(H,22,23)(H,24,27)/b7-4-,15-6+/t13-,14+,16+/m1/s1. The molecule has 10 heteroatoms. The Morgan fingerprint density at radius 3 is 2.80 bits per heavy atom.